The van der Waals surface area contributed by atoms with Gasteiger partial charge in [0, 0.05) is 31.7 Å². The van der Waals surface area contributed by atoms with Crippen molar-refractivity contribution in [2.24, 2.45) is 10.1 Å². The number of nitrogens with two attached hydrogens (primary N) is 1. The van der Waals surface area contributed by atoms with Crippen molar-refractivity contribution < 1.29 is 8.42 Å². The first kappa shape index (κ1) is 23.2. The van der Waals surface area contributed by atoms with Crippen LogP contribution in [0.15, 0.2) is 64.5 Å². The van der Waals surface area contributed by atoms with E-state index in [1.54, 1.807) is 12.1 Å². The molecule has 3 rings (SSSR count). The number of sulfonamides is 1. The van der Waals surface area contributed by atoms with Crippen molar-refractivity contribution in [1.29, 1.82) is 0 Å². The Hall–Kier alpha value is -2.42. The molecule has 1 aliphatic rings. The number of aliphatic imine (C=N–C) groups is 1. The fourth-order valence-corrected chi connectivity index (χ4v) is 4.39. The van der Waals surface area contributed by atoms with Crippen LogP contribution in [0.4, 0.5) is 0 Å². The summed E-state index contributed by atoms with van der Waals surface area (Å²) in [6.07, 6.45) is 2.12. The number of primary sulfonamides is 1. The van der Waals surface area contributed by atoms with Crippen molar-refractivity contribution in [3.8, 4) is 0 Å². The maximum absolute atomic E-state index is 11.4. The average molecular weight is 444 g/mol. The fraction of sp³-hybridized carbons (Fsp3) is 0.435. The van der Waals surface area contributed by atoms with Crippen LogP contribution in [0, 0.1) is 0 Å². The normalized spacial score (nSPS) is 20.4. The van der Waals surface area contributed by atoms with Crippen LogP contribution in [0.1, 0.15) is 37.8 Å². The molecule has 2 aromatic carbocycles. The van der Waals surface area contributed by atoms with E-state index in [9.17, 15) is 8.42 Å². The molecule has 31 heavy (non-hydrogen) atoms. The van der Waals surface area contributed by atoms with E-state index in [2.05, 4.69) is 57.8 Å². The lowest BCUT2D eigenvalue weighted by molar-refractivity contribution is 0.134. The molecule has 4 N–H and O–H groups in total. The SMILES string of the molecule is CCNC(=NCc1ccc(S(N)(=O)=O)cc1)NC1CCN(Cc2ccccc2)C(C)C1. The maximum Gasteiger partial charge on any atom is 0.238 e. The maximum atomic E-state index is 11.4. The molecule has 1 saturated heterocycles. The molecule has 0 amide bonds. The topological polar surface area (TPSA) is 99.8 Å². The zero-order chi connectivity index (χ0) is 22.3. The summed E-state index contributed by atoms with van der Waals surface area (Å²) in [5, 5.41) is 12.0. The predicted octanol–water partition coefficient (Wildman–Crippen LogP) is 2.44. The van der Waals surface area contributed by atoms with E-state index in [-0.39, 0.29) is 4.90 Å². The minimum Gasteiger partial charge on any atom is -0.357 e. The first-order valence-corrected chi connectivity index (χ1v) is 12.3. The van der Waals surface area contributed by atoms with Gasteiger partial charge in [0.2, 0.25) is 10.0 Å². The van der Waals surface area contributed by atoms with Crippen LogP contribution in [-0.4, -0.2) is 44.5 Å². The Balaban J connectivity index is 1.56. The van der Waals surface area contributed by atoms with E-state index in [0.29, 0.717) is 18.6 Å². The van der Waals surface area contributed by atoms with E-state index in [4.69, 9.17) is 5.14 Å². The molecule has 1 fully saturated rings. The zero-order valence-corrected chi connectivity index (χ0v) is 19.1. The van der Waals surface area contributed by atoms with Gasteiger partial charge in [0.15, 0.2) is 5.96 Å². The molecule has 168 valence electrons. The third kappa shape index (κ3) is 7.05. The van der Waals surface area contributed by atoms with E-state index >= 15 is 0 Å². The minimum atomic E-state index is -3.67. The van der Waals surface area contributed by atoms with E-state index in [1.165, 1.54) is 17.7 Å². The lowest BCUT2D eigenvalue weighted by Gasteiger charge is -2.38. The van der Waals surface area contributed by atoms with E-state index < -0.39 is 10.0 Å². The highest BCUT2D eigenvalue weighted by Gasteiger charge is 2.26. The van der Waals surface area contributed by atoms with Crippen LogP contribution in [0.25, 0.3) is 0 Å². The van der Waals surface area contributed by atoms with Crippen LogP contribution in [-0.2, 0) is 23.1 Å². The first-order chi connectivity index (χ1) is 14.8. The molecule has 8 heteroatoms. The summed E-state index contributed by atoms with van der Waals surface area (Å²) in [6, 6.07) is 18.0. The molecule has 1 heterocycles. The quantitative estimate of drug-likeness (QED) is 0.451. The Kier molecular flexibility index (Phi) is 8.06. The fourth-order valence-electron chi connectivity index (χ4n) is 3.87. The summed E-state index contributed by atoms with van der Waals surface area (Å²) >= 11 is 0. The van der Waals surface area contributed by atoms with Gasteiger partial charge in [0.1, 0.15) is 0 Å². The van der Waals surface area contributed by atoms with Crippen LogP contribution in [0.3, 0.4) is 0 Å². The van der Waals surface area contributed by atoms with E-state index in [1.807, 2.05) is 6.92 Å². The monoisotopic (exact) mass is 443 g/mol. The number of guanidine groups is 1. The number of rotatable bonds is 7. The summed E-state index contributed by atoms with van der Waals surface area (Å²) in [7, 11) is -3.67. The highest BCUT2D eigenvalue weighted by molar-refractivity contribution is 7.89. The Morgan fingerprint density at radius 3 is 2.45 bits per heavy atom. The molecule has 1 aliphatic heterocycles. The van der Waals surface area contributed by atoms with Gasteiger partial charge in [-0.25, -0.2) is 18.5 Å². The standard InChI is InChI=1S/C23H33N5O2S/c1-3-25-23(26-16-19-9-11-22(12-10-19)31(24,29)30)27-21-13-14-28(18(2)15-21)17-20-7-5-4-6-8-20/h4-12,18,21H,3,13-17H2,1-2H3,(H2,24,29,30)(H2,25,26,27). The third-order valence-corrected chi connectivity index (χ3v) is 6.53. The molecule has 0 saturated carbocycles. The van der Waals surface area contributed by atoms with Crippen LogP contribution in [0.2, 0.25) is 0 Å². The lowest BCUT2D eigenvalue weighted by atomic mass is 9.97. The molecule has 0 aliphatic carbocycles. The third-order valence-electron chi connectivity index (χ3n) is 5.60. The Labute approximate surface area is 185 Å². The number of nitrogens with zero attached hydrogens (tertiary/aromatic N) is 2. The van der Waals surface area contributed by atoms with Crippen LogP contribution >= 0.6 is 0 Å². The highest BCUT2D eigenvalue weighted by Crippen LogP contribution is 2.20. The van der Waals surface area contributed by atoms with Gasteiger partial charge >= 0.3 is 0 Å². The first-order valence-electron chi connectivity index (χ1n) is 10.8. The van der Waals surface area contributed by atoms with Gasteiger partial charge in [-0.05, 0) is 49.9 Å². The van der Waals surface area contributed by atoms with Crippen LogP contribution < -0.4 is 15.8 Å². The zero-order valence-electron chi connectivity index (χ0n) is 18.3. The number of hydrogen-bond acceptors (Lipinski definition) is 4. The number of nitrogens with one attached hydrogen (secondary N) is 2. The summed E-state index contributed by atoms with van der Waals surface area (Å²) in [5.74, 6) is 0.784. The molecule has 2 aromatic rings. The van der Waals surface area contributed by atoms with Crippen molar-refractivity contribution in [1.82, 2.24) is 15.5 Å². The summed E-state index contributed by atoms with van der Waals surface area (Å²) in [5.41, 5.74) is 2.28. The smallest absolute Gasteiger partial charge is 0.238 e. The van der Waals surface area contributed by atoms with Crippen molar-refractivity contribution in [3.63, 3.8) is 0 Å². The van der Waals surface area contributed by atoms with Gasteiger partial charge in [-0.3, -0.25) is 4.90 Å². The Morgan fingerprint density at radius 1 is 1.13 bits per heavy atom. The molecule has 2 atom stereocenters. The summed E-state index contributed by atoms with van der Waals surface area (Å²) in [6.45, 7) is 7.60. The minimum absolute atomic E-state index is 0.113. The summed E-state index contributed by atoms with van der Waals surface area (Å²) in [4.78, 5) is 7.33. The predicted molar refractivity (Wildman–Crippen MR) is 125 cm³/mol. The molecular weight excluding hydrogens is 410 g/mol. The number of benzene rings is 2. The van der Waals surface area contributed by atoms with Crippen molar-refractivity contribution in [2.45, 2.75) is 56.8 Å². The summed E-state index contributed by atoms with van der Waals surface area (Å²) < 4.78 is 22.8. The molecule has 0 bridgehead atoms. The largest absolute Gasteiger partial charge is 0.357 e. The van der Waals surface area contributed by atoms with Crippen molar-refractivity contribution >= 4 is 16.0 Å². The Bertz CT molecular complexity index is 961. The molecular formula is C23H33N5O2S. The van der Waals surface area contributed by atoms with Crippen molar-refractivity contribution in [2.75, 3.05) is 13.1 Å². The number of likely N-dealkylation sites (tertiary alicyclic amines) is 1. The molecule has 2 unspecified atom stereocenters. The molecule has 7 nitrogen and oxygen atoms in total. The van der Waals surface area contributed by atoms with Gasteiger partial charge < -0.3 is 10.6 Å². The lowest BCUT2D eigenvalue weighted by Crippen LogP contribution is -2.51. The van der Waals surface area contributed by atoms with Gasteiger partial charge in [-0.15, -0.1) is 0 Å². The van der Waals surface area contributed by atoms with Gasteiger partial charge in [-0.1, -0.05) is 42.5 Å². The highest BCUT2D eigenvalue weighted by atomic mass is 32.2. The van der Waals surface area contributed by atoms with Crippen molar-refractivity contribution in [3.05, 3.63) is 65.7 Å². The number of piperidine rings is 1. The molecule has 0 spiro atoms. The second kappa shape index (κ2) is 10.7. The Morgan fingerprint density at radius 2 is 1.84 bits per heavy atom. The second-order valence-electron chi connectivity index (χ2n) is 8.05. The van der Waals surface area contributed by atoms with Gasteiger partial charge in [0.05, 0.1) is 11.4 Å². The second-order valence-corrected chi connectivity index (χ2v) is 9.62. The van der Waals surface area contributed by atoms with Crippen LogP contribution in [0.5, 0.6) is 0 Å². The molecule has 0 radical (unpaired) electrons. The van der Waals surface area contributed by atoms with Gasteiger partial charge in [0.25, 0.3) is 0 Å². The number of hydrogen-bond donors (Lipinski definition) is 3. The van der Waals surface area contributed by atoms with E-state index in [0.717, 1.165) is 44.0 Å². The average Bonchev–Trinajstić information content (AvgIpc) is 2.74. The molecule has 0 aromatic heterocycles. The van der Waals surface area contributed by atoms with Gasteiger partial charge in [-0.2, -0.15) is 0 Å².